The first-order valence-electron chi connectivity index (χ1n) is 7.74. The number of hydrogen-bond donors (Lipinski definition) is 0. The summed E-state index contributed by atoms with van der Waals surface area (Å²) in [5.41, 5.74) is 10.3. The molecule has 0 N–H and O–H groups in total. The molecule has 1 rings (SSSR count). The number of nitrogens with zero attached hydrogens (tertiary/aromatic N) is 2. The van der Waals surface area contributed by atoms with Crippen LogP contribution in [0.15, 0.2) is 36.4 Å². The highest BCUT2D eigenvalue weighted by molar-refractivity contribution is 7.13. The van der Waals surface area contributed by atoms with Crippen LogP contribution in [0.3, 0.4) is 0 Å². The minimum absolute atomic E-state index is 0.175. The molecule has 0 radical (unpaired) electrons. The molecule has 5 heteroatoms. The second-order valence-electron chi connectivity index (χ2n) is 5.20. The fraction of sp³-hybridized carbons (Fsp3) is 0.412. The molecular weight excluding hydrogens is 292 g/mol. The topological polar surface area (TPSA) is 62.7 Å². The van der Waals surface area contributed by atoms with Gasteiger partial charge in [0.2, 0.25) is 8.07 Å². The van der Waals surface area contributed by atoms with Gasteiger partial charge in [0, 0.05) is 0 Å². The SMILES string of the molecule is CC[Si](CC)(CC)C(=[N+]=[N-])C(=O)OC/C=C/c1ccccc1. The normalized spacial score (nSPS) is 11.2. The molecule has 0 spiro atoms. The first-order valence-corrected chi connectivity index (χ1v) is 10.4. The van der Waals surface area contributed by atoms with Gasteiger partial charge in [0.25, 0.3) is 0 Å². The largest absolute Gasteiger partial charge is 0.453 e. The van der Waals surface area contributed by atoms with Crippen molar-refractivity contribution >= 4 is 25.5 Å². The van der Waals surface area contributed by atoms with Gasteiger partial charge >= 0.3 is 11.3 Å². The van der Waals surface area contributed by atoms with Gasteiger partial charge in [-0.25, -0.2) is 4.79 Å². The number of rotatable bonds is 8. The molecule has 0 amide bonds. The van der Waals surface area contributed by atoms with Crippen LogP contribution in [0.1, 0.15) is 26.3 Å². The van der Waals surface area contributed by atoms with E-state index in [1.54, 1.807) is 6.08 Å². The van der Waals surface area contributed by atoms with Crippen LogP contribution in [-0.2, 0) is 9.53 Å². The highest BCUT2D eigenvalue weighted by Crippen LogP contribution is 2.21. The van der Waals surface area contributed by atoms with Crippen molar-refractivity contribution in [3.8, 4) is 0 Å². The number of esters is 1. The minimum atomic E-state index is -2.03. The lowest BCUT2D eigenvalue weighted by Crippen LogP contribution is -2.48. The van der Waals surface area contributed by atoms with Gasteiger partial charge in [-0.15, -0.1) is 0 Å². The Morgan fingerprint density at radius 1 is 1.18 bits per heavy atom. The van der Waals surface area contributed by atoms with Gasteiger partial charge in [-0.2, -0.15) is 4.79 Å². The molecule has 0 fully saturated rings. The smallest absolute Gasteiger partial charge is 0.410 e. The maximum atomic E-state index is 12.2. The van der Waals surface area contributed by atoms with Crippen LogP contribution in [0, 0.1) is 0 Å². The number of ether oxygens (including phenoxy) is 1. The molecule has 0 aromatic heterocycles. The van der Waals surface area contributed by atoms with Gasteiger partial charge in [-0.3, -0.25) is 0 Å². The zero-order valence-electron chi connectivity index (χ0n) is 13.6. The van der Waals surface area contributed by atoms with Crippen LogP contribution in [0.4, 0.5) is 0 Å². The van der Waals surface area contributed by atoms with E-state index in [1.165, 1.54) is 0 Å². The second kappa shape index (κ2) is 9.13. The number of carbonyl (C=O) groups excluding carboxylic acids is 1. The lowest BCUT2D eigenvalue weighted by atomic mass is 10.2. The van der Waals surface area contributed by atoms with Crippen molar-refractivity contribution in [3.63, 3.8) is 0 Å². The lowest BCUT2D eigenvalue weighted by molar-refractivity contribution is -0.138. The summed E-state index contributed by atoms with van der Waals surface area (Å²) >= 11 is 0. The van der Waals surface area contributed by atoms with Crippen LogP contribution < -0.4 is 0 Å². The standard InChI is InChI=1S/C17H24N2O2Si/c1-4-22(5-2,6-3)16(19-18)17(20)21-14-10-13-15-11-8-7-9-12-15/h7-13H,4-6,14H2,1-3H3/b13-10+. The molecule has 0 aliphatic heterocycles. The second-order valence-corrected chi connectivity index (χ2v) is 10.4. The van der Waals surface area contributed by atoms with E-state index in [0.717, 1.165) is 23.7 Å². The van der Waals surface area contributed by atoms with Crippen LogP contribution in [0.25, 0.3) is 11.6 Å². The molecular formula is C17H24N2O2Si. The zero-order chi connectivity index (χ0) is 16.4. The third kappa shape index (κ3) is 4.51. The van der Waals surface area contributed by atoms with E-state index in [1.807, 2.05) is 57.2 Å². The van der Waals surface area contributed by atoms with Crippen molar-refractivity contribution in [1.29, 1.82) is 0 Å². The fourth-order valence-electron chi connectivity index (χ4n) is 2.56. The summed E-state index contributed by atoms with van der Waals surface area (Å²) in [6.45, 7) is 6.32. The van der Waals surface area contributed by atoms with Crippen LogP contribution >= 0.6 is 0 Å². The predicted octanol–water partition coefficient (Wildman–Crippen LogP) is 3.96. The highest BCUT2D eigenvalue weighted by atomic mass is 28.3. The summed E-state index contributed by atoms with van der Waals surface area (Å²) in [5.74, 6) is -0.488. The molecule has 0 atom stereocenters. The number of benzene rings is 1. The summed E-state index contributed by atoms with van der Waals surface area (Å²) in [6.07, 6.45) is 3.68. The zero-order valence-corrected chi connectivity index (χ0v) is 14.6. The molecule has 0 saturated heterocycles. The Bertz CT molecular complexity index is 551. The van der Waals surface area contributed by atoms with Gasteiger partial charge in [0.15, 0.2) is 0 Å². The van der Waals surface area contributed by atoms with Crippen LogP contribution in [0.5, 0.6) is 0 Å². The van der Waals surface area contributed by atoms with Crippen LogP contribution in [0.2, 0.25) is 18.1 Å². The molecule has 0 heterocycles. The molecule has 0 aliphatic rings. The first-order chi connectivity index (χ1) is 10.6. The molecule has 4 nitrogen and oxygen atoms in total. The lowest BCUT2D eigenvalue weighted by Gasteiger charge is -2.20. The quantitative estimate of drug-likeness (QED) is 0.239. The molecule has 0 bridgehead atoms. The molecule has 118 valence electrons. The molecule has 0 saturated carbocycles. The monoisotopic (exact) mass is 316 g/mol. The van der Waals surface area contributed by atoms with Crippen molar-refractivity contribution in [2.45, 2.75) is 38.9 Å². The Kier molecular flexibility index (Phi) is 7.50. The van der Waals surface area contributed by atoms with Gasteiger partial charge in [-0.05, 0) is 29.8 Å². The Balaban J connectivity index is 2.67. The van der Waals surface area contributed by atoms with Crippen molar-refractivity contribution < 1.29 is 14.3 Å². The maximum Gasteiger partial charge on any atom is 0.410 e. The molecule has 1 aromatic carbocycles. The van der Waals surface area contributed by atoms with E-state index in [-0.39, 0.29) is 11.9 Å². The van der Waals surface area contributed by atoms with E-state index in [0.29, 0.717) is 0 Å². The minimum Gasteiger partial charge on any atom is -0.453 e. The van der Waals surface area contributed by atoms with Gasteiger partial charge in [0.05, 0.1) is 0 Å². The van der Waals surface area contributed by atoms with E-state index in [4.69, 9.17) is 4.74 Å². The van der Waals surface area contributed by atoms with E-state index >= 15 is 0 Å². The third-order valence-corrected chi connectivity index (χ3v) is 9.62. The molecule has 22 heavy (non-hydrogen) atoms. The third-order valence-electron chi connectivity index (χ3n) is 4.25. The number of carbonyl (C=O) groups is 1. The average molecular weight is 316 g/mol. The summed E-state index contributed by atoms with van der Waals surface area (Å²) < 4.78 is 5.25. The van der Waals surface area contributed by atoms with Crippen molar-refractivity contribution in [3.05, 3.63) is 47.5 Å². The van der Waals surface area contributed by atoms with E-state index < -0.39 is 14.0 Å². The van der Waals surface area contributed by atoms with Crippen molar-refractivity contribution in [2.75, 3.05) is 6.61 Å². The van der Waals surface area contributed by atoms with Gasteiger partial charge in [0.1, 0.15) is 6.61 Å². The van der Waals surface area contributed by atoms with E-state index in [9.17, 15) is 10.3 Å². The highest BCUT2D eigenvalue weighted by Gasteiger charge is 2.46. The summed E-state index contributed by atoms with van der Waals surface area (Å²) in [6, 6.07) is 12.4. The first kappa shape index (κ1) is 18.1. The Morgan fingerprint density at radius 2 is 1.77 bits per heavy atom. The average Bonchev–Trinajstić information content (AvgIpc) is 2.57. The van der Waals surface area contributed by atoms with Gasteiger partial charge < -0.3 is 10.3 Å². The Morgan fingerprint density at radius 3 is 2.27 bits per heavy atom. The summed E-state index contributed by atoms with van der Waals surface area (Å²) in [4.78, 5) is 15.5. The Hall–Kier alpha value is -1.97. The summed E-state index contributed by atoms with van der Waals surface area (Å²) in [7, 11) is -2.03. The predicted molar refractivity (Wildman–Crippen MR) is 92.3 cm³/mol. The van der Waals surface area contributed by atoms with E-state index in [2.05, 4.69) is 4.79 Å². The maximum absolute atomic E-state index is 12.2. The molecule has 0 unspecified atom stereocenters. The number of hydrogen-bond acceptors (Lipinski definition) is 2. The Labute approximate surface area is 133 Å². The molecule has 1 aromatic rings. The van der Waals surface area contributed by atoms with Crippen LogP contribution in [-0.4, -0.2) is 30.8 Å². The summed E-state index contributed by atoms with van der Waals surface area (Å²) in [5, 5.41) is 0.258. The van der Waals surface area contributed by atoms with Crippen molar-refractivity contribution in [2.24, 2.45) is 0 Å². The molecule has 0 aliphatic carbocycles. The fourth-order valence-corrected chi connectivity index (χ4v) is 5.78. The van der Waals surface area contributed by atoms with Crippen molar-refractivity contribution in [1.82, 2.24) is 0 Å². The van der Waals surface area contributed by atoms with Gasteiger partial charge in [-0.1, -0.05) is 57.2 Å².